The summed E-state index contributed by atoms with van der Waals surface area (Å²) in [6.07, 6.45) is 9.32. The summed E-state index contributed by atoms with van der Waals surface area (Å²) in [6.45, 7) is 12.5. The molecule has 0 saturated carbocycles. The summed E-state index contributed by atoms with van der Waals surface area (Å²) in [4.78, 5) is 0. The van der Waals surface area contributed by atoms with Gasteiger partial charge in [0.25, 0.3) is 0 Å². The van der Waals surface area contributed by atoms with Gasteiger partial charge in [0, 0.05) is 25.6 Å². The molecule has 28 heavy (non-hydrogen) atoms. The molecule has 1 aliphatic rings. The van der Waals surface area contributed by atoms with Crippen LogP contribution in [0, 0.1) is 6.92 Å². The third-order valence-corrected chi connectivity index (χ3v) is 7.16. The Kier molecular flexibility index (Phi) is 3.89. The molecule has 4 aromatic rings. The van der Waals surface area contributed by atoms with E-state index in [1.807, 2.05) is 23.5 Å². The monoisotopic (exact) mass is 378 g/mol. The lowest BCUT2D eigenvalue weighted by atomic mass is 9.91. The number of allylic oxidation sites excluding steroid dienone is 5. The van der Waals surface area contributed by atoms with Crippen LogP contribution in [-0.2, 0) is 6.42 Å². The Hall–Kier alpha value is -2.90. The van der Waals surface area contributed by atoms with Gasteiger partial charge in [-0.1, -0.05) is 55.7 Å². The molecule has 0 unspecified atom stereocenters. The lowest BCUT2D eigenvalue weighted by molar-refractivity contribution is 1.26. The topological polar surface area (TPSA) is 0 Å². The maximum atomic E-state index is 4.06. The Bertz CT molecular complexity index is 1370. The molecule has 3 aromatic carbocycles. The van der Waals surface area contributed by atoms with Crippen molar-refractivity contribution in [3.8, 4) is 0 Å². The zero-order chi connectivity index (χ0) is 19.4. The molecule has 0 fully saturated rings. The van der Waals surface area contributed by atoms with E-state index in [1.165, 1.54) is 64.3 Å². The van der Waals surface area contributed by atoms with Crippen LogP contribution in [-0.4, -0.2) is 0 Å². The van der Waals surface area contributed by atoms with Crippen molar-refractivity contribution in [2.75, 3.05) is 0 Å². The summed E-state index contributed by atoms with van der Waals surface area (Å²) in [6, 6.07) is 13.6. The lowest BCUT2D eigenvalue weighted by Gasteiger charge is -2.13. The highest BCUT2D eigenvalue weighted by molar-refractivity contribution is 7.26. The van der Waals surface area contributed by atoms with Crippen LogP contribution in [0.5, 0.6) is 0 Å². The predicted octanol–water partition coefficient (Wildman–Crippen LogP) is 8.23. The van der Waals surface area contributed by atoms with Crippen molar-refractivity contribution < 1.29 is 0 Å². The number of hydrogen-bond donors (Lipinski definition) is 0. The van der Waals surface area contributed by atoms with Crippen molar-refractivity contribution in [2.45, 2.75) is 20.3 Å². The molecular weight excluding hydrogens is 356 g/mol. The molecule has 0 saturated heterocycles. The highest BCUT2D eigenvalue weighted by Gasteiger charge is 2.22. The van der Waals surface area contributed by atoms with Gasteiger partial charge in [-0.15, -0.1) is 11.3 Å². The van der Waals surface area contributed by atoms with Gasteiger partial charge in [0.1, 0.15) is 0 Å². The van der Waals surface area contributed by atoms with Crippen LogP contribution in [0.25, 0.3) is 42.6 Å². The third-order valence-electron chi connectivity index (χ3n) is 5.95. The third kappa shape index (κ3) is 2.23. The number of aryl methyl sites for hydroxylation is 1. The number of fused-ring (bicyclic) bond motifs is 6. The molecule has 1 heteroatoms. The summed E-state index contributed by atoms with van der Waals surface area (Å²) in [5.74, 6) is 0. The van der Waals surface area contributed by atoms with Crippen molar-refractivity contribution in [3.63, 3.8) is 0 Å². The number of benzene rings is 3. The fourth-order valence-electron chi connectivity index (χ4n) is 4.67. The van der Waals surface area contributed by atoms with Gasteiger partial charge < -0.3 is 0 Å². The predicted molar refractivity (Wildman–Crippen MR) is 127 cm³/mol. The zero-order valence-corrected chi connectivity index (χ0v) is 17.1. The van der Waals surface area contributed by atoms with E-state index < -0.39 is 0 Å². The SMILES string of the molecule is C=CC1=C(C=C)c2cc3c(cc2C1)c(/C=C\C)c(C)c1c2ccccc2sc31. The normalized spacial score (nSPS) is 13.9. The smallest absolute Gasteiger partial charge is 0.0437 e. The maximum Gasteiger partial charge on any atom is 0.0437 e. The second-order valence-corrected chi connectivity index (χ2v) is 8.47. The highest BCUT2D eigenvalue weighted by atomic mass is 32.1. The fourth-order valence-corrected chi connectivity index (χ4v) is 5.96. The number of thiophene rings is 1. The minimum absolute atomic E-state index is 0.939. The summed E-state index contributed by atoms with van der Waals surface area (Å²) >= 11 is 1.91. The quantitative estimate of drug-likeness (QED) is 0.337. The van der Waals surface area contributed by atoms with Crippen LogP contribution < -0.4 is 0 Å². The summed E-state index contributed by atoms with van der Waals surface area (Å²) in [5.41, 5.74) is 7.90. The van der Waals surface area contributed by atoms with Gasteiger partial charge in [-0.2, -0.15) is 0 Å². The van der Waals surface area contributed by atoms with E-state index in [1.54, 1.807) is 0 Å². The van der Waals surface area contributed by atoms with Gasteiger partial charge in [0.15, 0.2) is 0 Å². The molecule has 0 bridgehead atoms. The molecule has 0 atom stereocenters. The summed E-state index contributed by atoms with van der Waals surface area (Å²) in [5, 5.41) is 5.45. The van der Waals surface area contributed by atoms with Crippen molar-refractivity contribution in [1.82, 2.24) is 0 Å². The fraction of sp³-hybridized carbons (Fsp3) is 0.111. The first-order valence-electron chi connectivity index (χ1n) is 9.69. The van der Waals surface area contributed by atoms with E-state index in [2.05, 4.69) is 75.6 Å². The average molecular weight is 379 g/mol. The molecule has 0 N–H and O–H groups in total. The highest BCUT2D eigenvalue weighted by Crippen LogP contribution is 2.45. The van der Waals surface area contributed by atoms with Crippen molar-refractivity contribution in [1.29, 1.82) is 0 Å². The van der Waals surface area contributed by atoms with E-state index in [9.17, 15) is 0 Å². The standard InChI is InChI=1S/C27H22S/c1-5-10-20-16(4)26-21-11-8-9-12-25(21)28-27(26)24-15-22-18(14-23(20)24)13-17(6-2)19(22)7-3/h5-12,14-15H,2-3,13H2,1,4H3/b10-5-. The first kappa shape index (κ1) is 17.2. The van der Waals surface area contributed by atoms with Gasteiger partial charge in [-0.25, -0.2) is 0 Å². The van der Waals surface area contributed by atoms with Crippen LogP contribution in [0.2, 0.25) is 0 Å². The second kappa shape index (κ2) is 6.32. The van der Waals surface area contributed by atoms with E-state index in [0.717, 1.165) is 6.42 Å². The molecule has 5 rings (SSSR count). The molecule has 0 radical (unpaired) electrons. The first-order chi connectivity index (χ1) is 13.7. The van der Waals surface area contributed by atoms with Crippen LogP contribution in [0.3, 0.4) is 0 Å². The second-order valence-electron chi connectivity index (χ2n) is 7.42. The van der Waals surface area contributed by atoms with E-state index in [4.69, 9.17) is 0 Å². The Morgan fingerprint density at radius 3 is 2.57 bits per heavy atom. The van der Waals surface area contributed by atoms with Crippen molar-refractivity contribution in [3.05, 3.63) is 95.6 Å². The molecule has 0 aliphatic heterocycles. The van der Waals surface area contributed by atoms with E-state index in [-0.39, 0.29) is 0 Å². The summed E-state index contributed by atoms with van der Waals surface area (Å²) in [7, 11) is 0. The van der Waals surface area contributed by atoms with Gasteiger partial charge in [0.05, 0.1) is 0 Å². The van der Waals surface area contributed by atoms with Gasteiger partial charge in [0.2, 0.25) is 0 Å². The van der Waals surface area contributed by atoms with E-state index in [0.29, 0.717) is 0 Å². The number of rotatable bonds is 3. The largest absolute Gasteiger partial charge is 0.135 e. The molecule has 1 heterocycles. The summed E-state index contributed by atoms with van der Waals surface area (Å²) < 4.78 is 2.74. The van der Waals surface area contributed by atoms with Gasteiger partial charge in [-0.05, 0) is 77.3 Å². The maximum absolute atomic E-state index is 4.06. The molecule has 1 aromatic heterocycles. The Morgan fingerprint density at radius 2 is 1.82 bits per heavy atom. The molecule has 0 amide bonds. The molecule has 136 valence electrons. The zero-order valence-electron chi connectivity index (χ0n) is 16.3. The first-order valence-corrected chi connectivity index (χ1v) is 10.5. The average Bonchev–Trinajstić information content (AvgIpc) is 3.27. The van der Waals surface area contributed by atoms with Crippen LogP contribution in [0.1, 0.15) is 29.2 Å². The molecule has 0 spiro atoms. The van der Waals surface area contributed by atoms with Crippen LogP contribution in [0.15, 0.2) is 73.4 Å². The Morgan fingerprint density at radius 1 is 1.00 bits per heavy atom. The van der Waals surface area contributed by atoms with Gasteiger partial charge >= 0.3 is 0 Å². The minimum Gasteiger partial charge on any atom is -0.135 e. The Labute approximate surface area is 169 Å². The minimum atomic E-state index is 0.939. The molecular formula is C27H22S. The lowest BCUT2D eigenvalue weighted by Crippen LogP contribution is -1.91. The molecule has 0 nitrogen and oxygen atoms in total. The van der Waals surface area contributed by atoms with Crippen LogP contribution in [0.4, 0.5) is 0 Å². The van der Waals surface area contributed by atoms with Crippen molar-refractivity contribution >= 4 is 53.9 Å². The van der Waals surface area contributed by atoms with E-state index >= 15 is 0 Å². The van der Waals surface area contributed by atoms with Crippen molar-refractivity contribution in [2.24, 2.45) is 0 Å². The van der Waals surface area contributed by atoms with Gasteiger partial charge in [-0.3, -0.25) is 0 Å². The molecule has 1 aliphatic carbocycles. The van der Waals surface area contributed by atoms with Crippen LogP contribution >= 0.6 is 11.3 Å². The Balaban J connectivity index is 2.01. The number of hydrogen-bond acceptors (Lipinski definition) is 1.